The molecule has 0 bridgehead atoms. The number of rotatable bonds is 2. The summed E-state index contributed by atoms with van der Waals surface area (Å²) in [6.07, 6.45) is 2.91. The number of aromatic carboxylic acids is 1. The predicted octanol–water partition coefficient (Wildman–Crippen LogP) is 1.20. The molecule has 5 nitrogen and oxygen atoms in total. The fourth-order valence-electron chi connectivity index (χ4n) is 1.10. The number of nitrogens with zero attached hydrogens (tertiary/aromatic N) is 1. The van der Waals surface area contributed by atoms with Crippen molar-refractivity contribution >= 4 is 17.3 Å². The third-order valence-electron chi connectivity index (χ3n) is 1.82. The Balaban J connectivity index is 2.41. The number of aromatic nitrogens is 2. The van der Waals surface area contributed by atoms with E-state index in [0.29, 0.717) is 5.56 Å². The second kappa shape index (κ2) is 3.66. The van der Waals surface area contributed by atoms with Crippen LogP contribution in [0.2, 0.25) is 0 Å². The third kappa shape index (κ3) is 1.94. The fraction of sp³-hybridized carbons (Fsp3) is 0. The van der Waals surface area contributed by atoms with E-state index in [1.54, 1.807) is 11.4 Å². The summed E-state index contributed by atoms with van der Waals surface area (Å²) in [5.74, 6) is -0.955. The van der Waals surface area contributed by atoms with Crippen LogP contribution in [0.3, 0.4) is 0 Å². The van der Waals surface area contributed by atoms with Crippen molar-refractivity contribution in [2.45, 2.75) is 0 Å². The molecule has 0 spiro atoms. The highest BCUT2D eigenvalue weighted by Gasteiger charge is 2.08. The van der Waals surface area contributed by atoms with Gasteiger partial charge in [-0.15, -0.1) is 11.3 Å². The van der Waals surface area contributed by atoms with Crippen LogP contribution in [0.1, 0.15) is 9.67 Å². The zero-order valence-corrected chi connectivity index (χ0v) is 8.25. The molecule has 2 aromatic rings. The van der Waals surface area contributed by atoms with Crippen molar-refractivity contribution in [3.05, 3.63) is 39.2 Å². The number of H-pyrrole nitrogens is 1. The lowest BCUT2D eigenvalue weighted by Crippen LogP contribution is -2.07. The lowest BCUT2D eigenvalue weighted by Gasteiger charge is -1.93. The van der Waals surface area contributed by atoms with Gasteiger partial charge in [0.2, 0.25) is 0 Å². The molecule has 0 saturated carbocycles. The van der Waals surface area contributed by atoms with Crippen LogP contribution in [-0.4, -0.2) is 21.0 Å². The molecule has 0 fully saturated rings. The molecule has 15 heavy (non-hydrogen) atoms. The molecule has 76 valence electrons. The summed E-state index contributed by atoms with van der Waals surface area (Å²) in [4.78, 5) is 27.6. The van der Waals surface area contributed by atoms with Crippen LogP contribution in [0.25, 0.3) is 11.1 Å². The van der Waals surface area contributed by atoms with Crippen LogP contribution >= 0.6 is 11.3 Å². The highest BCUT2D eigenvalue weighted by molar-refractivity contribution is 7.12. The van der Waals surface area contributed by atoms with Gasteiger partial charge in [-0.1, -0.05) is 0 Å². The molecule has 0 saturated heterocycles. The van der Waals surface area contributed by atoms with Gasteiger partial charge in [0.05, 0.1) is 0 Å². The molecule has 0 aromatic carbocycles. The molecular formula is C9H6N2O3S. The molecule has 0 unspecified atom stereocenters. The SMILES string of the molecule is O=C(O)c1cc(-c2cnc(=O)[nH]c2)cs1. The number of carbonyl (C=O) groups is 1. The number of hydrogen-bond donors (Lipinski definition) is 2. The van der Waals surface area contributed by atoms with E-state index in [4.69, 9.17) is 5.11 Å². The van der Waals surface area contributed by atoms with E-state index in [9.17, 15) is 9.59 Å². The van der Waals surface area contributed by atoms with Gasteiger partial charge in [-0.25, -0.2) is 14.6 Å². The first-order valence-corrected chi connectivity index (χ1v) is 4.92. The van der Waals surface area contributed by atoms with E-state index in [1.165, 1.54) is 12.4 Å². The van der Waals surface area contributed by atoms with E-state index < -0.39 is 11.7 Å². The number of hydrogen-bond acceptors (Lipinski definition) is 4. The molecule has 0 amide bonds. The molecule has 0 radical (unpaired) electrons. The molecule has 6 heteroatoms. The first-order chi connectivity index (χ1) is 7.16. The summed E-state index contributed by atoms with van der Waals surface area (Å²) >= 11 is 1.14. The molecule has 2 heterocycles. The summed E-state index contributed by atoms with van der Waals surface area (Å²) in [6, 6.07) is 1.54. The van der Waals surface area contributed by atoms with Crippen LogP contribution < -0.4 is 5.69 Å². The highest BCUT2D eigenvalue weighted by atomic mass is 32.1. The van der Waals surface area contributed by atoms with Crippen molar-refractivity contribution in [1.29, 1.82) is 0 Å². The normalized spacial score (nSPS) is 10.1. The second-order valence-corrected chi connectivity index (χ2v) is 3.72. The Morgan fingerprint density at radius 2 is 2.27 bits per heavy atom. The summed E-state index contributed by atoms with van der Waals surface area (Å²) in [5, 5.41) is 10.4. The van der Waals surface area contributed by atoms with Gasteiger partial charge in [0.25, 0.3) is 0 Å². The largest absolute Gasteiger partial charge is 0.477 e. The third-order valence-corrected chi connectivity index (χ3v) is 2.73. The van der Waals surface area contributed by atoms with Crippen molar-refractivity contribution in [3.8, 4) is 11.1 Å². The van der Waals surface area contributed by atoms with E-state index in [0.717, 1.165) is 16.9 Å². The van der Waals surface area contributed by atoms with Gasteiger partial charge in [0, 0.05) is 18.0 Å². The topological polar surface area (TPSA) is 83.0 Å². The maximum absolute atomic E-state index is 10.7. The Hall–Kier alpha value is -1.95. The summed E-state index contributed by atoms with van der Waals surface area (Å²) in [6.45, 7) is 0. The van der Waals surface area contributed by atoms with Gasteiger partial charge in [0.15, 0.2) is 0 Å². The molecule has 0 atom stereocenters. The van der Waals surface area contributed by atoms with Crippen LogP contribution in [0, 0.1) is 0 Å². The van der Waals surface area contributed by atoms with Crippen LogP contribution in [0.4, 0.5) is 0 Å². The maximum atomic E-state index is 10.7. The molecule has 2 N–H and O–H groups in total. The number of nitrogens with one attached hydrogen (secondary N) is 1. The predicted molar refractivity (Wildman–Crippen MR) is 55.1 cm³/mol. The van der Waals surface area contributed by atoms with Crippen molar-refractivity contribution < 1.29 is 9.90 Å². The number of carboxylic acids is 1. The monoisotopic (exact) mass is 222 g/mol. The standard InChI is InChI=1S/C9H6N2O3S/c12-8(13)7-1-5(4-15-7)6-2-10-9(14)11-3-6/h1-4H,(H,12,13)(H,10,11,14). The summed E-state index contributed by atoms with van der Waals surface area (Å²) in [5.41, 5.74) is 1.01. The average molecular weight is 222 g/mol. The molecular weight excluding hydrogens is 216 g/mol. The molecule has 0 aliphatic carbocycles. The summed E-state index contributed by atoms with van der Waals surface area (Å²) < 4.78 is 0. The average Bonchev–Trinajstić information content (AvgIpc) is 2.68. The van der Waals surface area contributed by atoms with Crippen molar-refractivity contribution in [2.24, 2.45) is 0 Å². The van der Waals surface area contributed by atoms with Crippen LogP contribution in [0.5, 0.6) is 0 Å². The fourth-order valence-corrected chi connectivity index (χ4v) is 1.85. The van der Waals surface area contributed by atoms with Gasteiger partial charge >= 0.3 is 11.7 Å². The van der Waals surface area contributed by atoms with Crippen LogP contribution in [0.15, 0.2) is 28.6 Å². The highest BCUT2D eigenvalue weighted by Crippen LogP contribution is 2.23. The molecule has 0 aliphatic rings. The Kier molecular flexibility index (Phi) is 2.34. The smallest absolute Gasteiger partial charge is 0.345 e. The first kappa shape index (κ1) is 9.60. The number of carboxylic acid groups (broad SMARTS) is 1. The van der Waals surface area contributed by atoms with Gasteiger partial charge in [-0.3, -0.25) is 0 Å². The quantitative estimate of drug-likeness (QED) is 0.799. The van der Waals surface area contributed by atoms with E-state index >= 15 is 0 Å². The zero-order chi connectivity index (χ0) is 10.8. The Morgan fingerprint density at radius 1 is 1.47 bits per heavy atom. The Bertz CT molecular complexity index is 538. The molecule has 0 aliphatic heterocycles. The number of thiophene rings is 1. The minimum atomic E-state index is -0.955. The van der Waals surface area contributed by atoms with Crippen LogP contribution in [-0.2, 0) is 0 Å². The summed E-state index contributed by atoms with van der Waals surface area (Å²) in [7, 11) is 0. The second-order valence-electron chi connectivity index (χ2n) is 2.81. The molecule has 2 rings (SSSR count). The van der Waals surface area contributed by atoms with E-state index in [1.807, 2.05) is 0 Å². The Morgan fingerprint density at radius 3 is 2.80 bits per heavy atom. The van der Waals surface area contributed by atoms with Crippen molar-refractivity contribution in [3.63, 3.8) is 0 Å². The molecule has 2 aromatic heterocycles. The lowest BCUT2D eigenvalue weighted by molar-refractivity contribution is 0.0702. The number of aromatic amines is 1. The van der Waals surface area contributed by atoms with Gasteiger partial charge < -0.3 is 10.1 Å². The first-order valence-electron chi connectivity index (χ1n) is 4.04. The minimum Gasteiger partial charge on any atom is -0.477 e. The van der Waals surface area contributed by atoms with Gasteiger partial charge in [0.1, 0.15) is 4.88 Å². The Labute approximate surface area is 88.1 Å². The zero-order valence-electron chi connectivity index (χ0n) is 7.43. The van der Waals surface area contributed by atoms with E-state index in [-0.39, 0.29) is 4.88 Å². The maximum Gasteiger partial charge on any atom is 0.345 e. The van der Waals surface area contributed by atoms with Crippen molar-refractivity contribution in [1.82, 2.24) is 9.97 Å². The van der Waals surface area contributed by atoms with Gasteiger partial charge in [-0.2, -0.15) is 0 Å². The van der Waals surface area contributed by atoms with Crippen molar-refractivity contribution in [2.75, 3.05) is 0 Å². The van der Waals surface area contributed by atoms with Gasteiger partial charge in [-0.05, 0) is 17.0 Å². The minimum absolute atomic E-state index is 0.260. The lowest BCUT2D eigenvalue weighted by atomic mass is 10.2. The van der Waals surface area contributed by atoms with E-state index in [2.05, 4.69) is 9.97 Å².